The number of carbonyl (C=O) groups excluding carboxylic acids is 1. The molecule has 306 valence electrons. The number of nitrogens with zero attached hydrogens (tertiary/aromatic N) is 2. The van der Waals surface area contributed by atoms with Gasteiger partial charge in [0, 0.05) is 43.7 Å². The zero-order valence-corrected chi connectivity index (χ0v) is 31.9. The van der Waals surface area contributed by atoms with Gasteiger partial charge in [-0.3, -0.25) is 9.36 Å². The van der Waals surface area contributed by atoms with Crippen LogP contribution >= 0.6 is 0 Å². The number of nitrogens with one attached hydrogen (secondary N) is 2. The van der Waals surface area contributed by atoms with Crippen molar-refractivity contribution in [1.29, 1.82) is 0 Å². The number of carbonyl (C=O) groups is 1. The Morgan fingerprint density at radius 2 is 1.44 bits per heavy atom. The number of aliphatic hydroxyl groups is 1. The molecule has 0 aliphatic carbocycles. The number of hydrogen-bond acceptors (Lipinski definition) is 6. The van der Waals surface area contributed by atoms with Gasteiger partial charge in [-0.1, -0.05) is 85.8 Å². The molecule has 2 fully saturated rings. The number of hydrogen-bond donors (Lipinski definition) is 3. The molecule has 59 heavy (non-hydrogen) atoms. The Kier molecular flexibility index (Phi) is 11.5. The van der Waals surface area contributed by atoms with E-state index in [1.165, 1.54) is 0 Å². The number of halogens is 5. The summed E-state index contributed by atoms with van der Waals surface area (Å²) in [6.45, 7) is 4.05. The van der Waals surface area contributed by atoms with Gasteiger partial charge in [0.1, 0.15) is 5.56 Å². The Hall–Kier alpha value is -5.67. The maximum absolute atomic E-state index is 14.2. The summed E-state index contributed by atoms with van der Waals surface area (Å²) >= 11 is 0. The maximum atomic E-state index is 14.2. The van der Waals surface area contributed by atoms with E-state index < -0.39 is 46.8 Å². The Labute approximate surface area is 336 Å². The molecule has 9 nitrogen and oxygen atoms in total. The summed E-state index contributed by atoms with van der Waals surface area (Å²) in [5, 5.41) is 11.9. The van der Waals surface area contributed by atoms with E-state index in [4.69, 9.17) is 9.47 Å². The van der Waals surface area contributed by atoms with Crippen molar-refractivity contribution >= 4 is 16.9 Å². The molecule has 2 saturated heterocycles. The number of piperidine rings is 1. The molecule has 1 amide bonds. The van der Waals surface area contributed by atoms with Crippen molar-refractivity contribution in [3.05, 3.63) is 164 Å². The molecule has 4 atom stereocenters. The second-order valence-corrected chi connectivity index (χ2v) is 15.1. The maximum Gasteiger partial charge on any atom is 0.326 e. The SMILES string of the molecule is CC1C(CN2CCC(n3c(=O)[nH]c4ccccc43)CC2)OC(c2ccc(-c3cccc(CNC(=O)c4c(F)c(F)c(F)c(F)c4F)c3)cc2)OC1c1ccc(CO)cc1. The molecule has 5 aromatic carbocycles. The van der Waals surface area contributed by atoms with Crippen molar-refractivity contribution in [2.24, 2.45) is 5.92 Å². The molecule has 1 aromatic heterocycles. The average molecular weight is 813 g/mol. The van der Waals surface area contributed by atoms with Gasteiger partial charge in [0.2, 0.25) is 5.82 Å². The summed E-state index contributed by atoms with van der Waals surface area (Å²) in [4.78, 5) is 30.8. The van der Waals surface area contributed by atoms with Gasteiger partial charge in [-0.05, 0) is 58.9 Å². The van der Waals surface area contributed by atoms with Crippen LogP contribution in [0.3, 0.4) is 0 Å². The molecule has 8 rings (SSSR count). The highest BCUT2D eigenvalue weighted by atomic mass is 19.2. The highest BCUT2D eigenvalue weighted by Crippen LogP contribution is 2.42. The van der Waals surface area contributed by atoms with Gasteiger partial charge in [0.05, 0.1) is 29.8 Å². The number of ether oxygens (including phenoxy) is 2. The Bertz CT molecular complexity index is 2510. The van der Waals surface area contributed by atoms with Gasteiger partial charge in [0.25, 0.3) is 5.91 Å². The van der Waals surface area contributed by atoms with Crippen molar-refractivity contribution in [3.8, 4) is 11.1 Å². The fraction of sp³-hybridized carbons (Fsp3) is 0.289. The third-order valence-electron chi connectivity index (χ3n) is 11.4. The lowest BCUT2D eigenvalue weighted by Crippen LogP contribution is -2.47. The second-order valence-electron chi connectivity index (χ2n) is 15.1. The van der Waals surface area contributed by atoms with E-state index in [0.717, 1.165) is 64.8 Å². The molecule has 0 bridgehead atoms. The van der Waals surface area contributed by atoms with Crippen molar-refractivity contribution in [2.45, 2.75) is 57.5 Å². The van der Waals surface area contributed by atoms with E-state index in [0.29, 0.717) is 12.1 Å². The average Bonchev–Trinajstić information content (AvgIpc) is 3.61. The van der Waals surface area contributed by atoms with Crippen molar-refractivity contribution in [3.63, 3.8) is 0 Å². The normalized spacial score (nSPS) is 20.3. The molecule has 6 aromatic rings. The molecule has 14 heteroatoms. The van der Waals surface area contributed by atoms with Crippen molar-refractivity contribution in [1.82, 2.24) is 19.8 Å². The molecule has 4 unspecified atom stereocenters. The minimum Gasteiger partial charge on any atom is -0.392 e. The van der Waals surface area contributed by atoms with Crippen LogP contribution in [0.1, 0.15) is 70.8 Å². The van der Waals surface area contributed by atoms with Crippen LogP contribution in [0.5, 0.6) is 0 Å². The third kappa shape index (κ3) is 8.05. The molecule has 0 spiro atoms. The first-order valence-corrected chi connectivity index (χ1v) is 19.4. The largest absolute Gasteiger partial charge is 0.392 e. The lowest BCUT2D eigenvalue weighted by Gasteiger charge is -2.44. The van der Waals surface area contributed by atoms with E-state index in [1.807, 2.05) is 83.4 Å². The third-order valence-corrected chi connectivity index (χ3v) is 11.4. The highest BCUT2D eigenvalue weighted by molar-refractivity contribution is 5.94. The Balaban J connectivity index is 0.968. The zero-order valence-electron chi connectivity index (χ0n) is 31.9. The number of rotatable bonds is 10. The predicted octanol–water partition coefficient (Wildman–Crippen LogP) is 8.24. The summed E-state index contributed by atoms with van der Waals surface area (Å²) in [6.07, 6.45) is 0.397. The molecule has 2 aliphatic heterocycles. The fourth-order valence-corrected chi connectivity index (χ4v) is 8.15. The molecular formula is C45H41F5N4O5. The summed E-state index contributed by atoms with van der Waals surface area (Å²) in [5.41, 5.74) is 4.71. The van der Waals surface area contributed by atoms with Gasteiger partial charge in [0.15, 0.2) is 29.6 Å². The number of aromatic nitrogens is 2. The van der Waals surface area contributed by atoms with Crippen molar-refractivity contribution < 1.29 is 41.3 Å². The number of H-pyrrole nitrogens is 1. The molecule has 0 saturated carbocycles. The van der Waals surface area contributed by atoms with Crippen LogP contribution in [-0.4, -0.2) is 51.2 Å². The lowest BCUT2D eigenvalue weighted by atomic mass is 9.89. The van der Waals surface area contributed by atoms with Gasteiger partial charge >= 0.3 is 5.69 Å². The Morgan fingerprint density at radius 3 is 2.14 bits per heavy atom. The predicted molar refractivity (Wildman–Crippen MR) is 210 cm³/mol. The number of para-hydroxylation sites is 2. The number of amides is 1. The molecular weight excluding hydrogens is 772 g/mol. The number of benzene rings is 5. The number of imidazole rings is 1. The first kappa shape index (κ1) is 40.1. The van der Waals surface area contributed by atoms with Gasteiger partial charge in [-0.2, -0.15) is 0 Å². The van der Waals surface area contributed by atoms with Gasteiger partial charge < -0.3 is 29.8 Å². The first-order valence-electron chi connectivity index (χ1n) is 19.4. The van der Waals surface area contributed by atoms with E-state index in [-0.39, 0.29) is 43.0 Å². The lowest BCUT2D eigenvalue weighted by molar-refractivity contribution is -0.276. The number of aromatic amines is 1. The van der Waals surface area contributed by atoms with Crippen molar-refractivity contribution in [2.75, 3.05) is 19.6 Å². The summed E-state index contributed by atoms with van der Waals surface area (Å²) in [5.74, 6) is -12.6. The van der Waals surface area contributed by atoms with E-state index in [9.17, 15) is 36.6 Å². The summed E-state index contributed by atoms with van der Waals surface area (Å²) in [7, 11) is 0. The van der Waals surface area contributed by atoms with E-state index >= 15 is 0 Å². The molecule has 3 heterocycles. The fourth-order valence-electron chi connectivity index (χ4n) is 8.15. The number of aliphatic hydroxyl groups excluding tert-OH is 1. The highest BCUT2D eigenvalue weighted by Gasteiger charge is 2.40. The van der Waals surface area contributed by atoms with Gasteiger partial charge in [-0.15, -0.1) is 0 Å². The minimum atomic E-state index is -2.34. The van der Waals surface area contributed by atoms with E-state index in [1.54, 1.807) is 18.2 Å². The standard InChI is InChI=1S/C45H41F5N4O5/c1-25-35(23-53-19-17-32(18-20-53)54-34-8-3-2-7-33(34)52-45(54)57)58-44(59-42(25)29-11-9-26(24-55)10-12-29)30-15-13-28(14-16-30)31-6-4-5-27(21-31)22-51-43(56)36-37(46)39(48)41(50)40(49)38(36)47/h2-16,21,25,32,35,42,44,55H,17-20,22-24H2,1H3,(H,51,56)(H,52,57). The van der Waals surface area contributed by atoms with Crippen LogP contribution in [-0.2, 0) is 22.6 Å². The summed E-state index contributed by atoms with van der Waals surface area (Å²) in [6, 6.07) is 30.1. The van der Waals surface area contributed by atoms with Crippen LogP contribution in [0.2, 0.25) is 0 Å². The van der Waals surface area contributed by atoms with Gasteiger partial charge in [-0.25, -0.2) is 26.7 Å². The number of likely N-dealkylation sites (tertiary alicyclic amines) is 1. The zero-order chi connectivity index (χ0) is 41.4. The molecule has 3 N–H and O–H groups in total. The first-order chi connectivity index (χ1) is 28.5. The van der Waals surface area contributed by atoms with Crippen LogP contribution in [0.4, 0.5) is 22.0 Å². The van der Waals surface area contributed by atoms with E-state index in [2.05, 4.69) is 22.1 Å². The number of fused-ring (bicyclic) bond motifs is 1. The van der Waals surface area contributed by atoms with Crippen LogP contribution in [0.25, 0.3) is 22.2 Å². The quantitative estimate of drug-likeness (QED) is 0.0731. The minimum absolute atomic E-state index is 0.0308. The van der Waals surface area contributed by atoms with Crippen LogP contribution in [0, 0.1) is 35.0 Å². The topological polar surface area (TPSA) is 109 Å². The second kappa shape index (κ2) is 16.9. The Morgan fingerprint density at radius 1 is 0.780 bits per heavy atom. The molecule has 2 aliphatic rings. The summed E-state index contributed by atoms with van der Waals surface area (Å²) < 4.78 is 84.5. The smallest absolute Gasteiger partial charge is 0.326 e. The monoisotopic (exact) mass is 812 g/mol. The molecule has 0 radical (unpaired) electrons. The van der Waals surface area contributed by atoms with Crippen LogP contribution < -0.4 is 11.0 Å². The van der Waals surface area contributed by atoms with Crippen LogP contribution in [0.15, 0.2) is 102 Å².